The van der Waals surface area contributed by atoms with E-state index in [0.717, 1.165) is 43.2 Å². The van der Waals surface area contributed by atoms with Crippen LogP contribution < -0.4 is 16.6 Å². The molecule has 14 heteroatoms. The number of hydrogen-bond donors (Lipinski definition) is 1. The smallest absolute Gasteiger partial charge is 0.338 e. The van der Waals surface area contributed by atoms with Gasteiger partial charge in [-0.3, -0.25) is 28.8 Å². The van der Waals surface area contributed by atoms with Crippen molar-refractivity contribution in [2.24, 2.45) is 14.1 Å². The molecule has 0 radical (unpaired) electrons. The summed E-state index contributed by atoms with van der Waals surface area (Å²) in [6.07, 6.45) is 0. The number of fused-ring (bicyclic) bond motifs is 1. The Balaban J connectivity index is 1.45. The SMILES string of the molecule is Cn1c(NC(=O)COC(=O)c2ccc(Sc3nc4ccccc4s3)c([N+](=O)[O-])c2)cc(=O)n(C)c1=O. The van der Waals surface area contributed by atoms with Gasteiger partial charge < -0.3 is 10.1 Å². The number of para-hydroxylation sites is 1. The summed E-state index contributed by atoms with van der Waals surface area (Å²) < 4.78 is 8.42. The monoisotopic (exact) mass is 527 g/mol. The maximum Gasteiger partial charge on any atom is 0.338 e. The Morgan fingerprint density at radius 1 is 1.14 bits per heavy atom. The molecule has 0 aliphatic rings. The van der Waals surface area contributed by atoms with Crippen LogP contribution in [0.15, 0.2) is 67.4 Å². The summed E-state index contributed by atoms with van der Waals surface area (Å²) in [5.74, 6) is -1.83. The van der Waals surface area contributed by atoms with E-state index in [4.69, 9.17) is 4.74 Å². The average Bonchev–Trinajstić information content (AvgIpc) is 3.27. The van der Waals surface area contributed by atoms with Gasteiger partial charge in [0, 0.05) is 26.2 Å². The molecule has 0 atom stereocenters. The maximum absolute atomic E-state index is 12.4. The summed E-state index contributed by atoms with van der Waals surface area (Å²) in [4.78, 5) is 64.1. The van der Waals surface area contributed by atoms with E-state index in [1.165, 1.54) is 37.6 Å². The fourth-order valence-electron chi connectivity index (χ4n) is 3.11. The van der Waals surface area contributed by atoms with Gasteiger partial charge in [-0.15, -0.1) is 11.3 Å². The molecule has 36 heavy (non-hydrogen) atoms. The number of hydrogen-bond acceptors (Lipinski definition) is 10. The lowest BCUT2D eigenvalue weighted by atomic mass is 10.2. The van der Waals surface area contributed by atoms with Crippen molar-refractivity contribution >= 4 is 56.7 Å². The number of benzene rings is 2. The first-order chi connectivity index (χ1) is 17.1. The van der Waals surface area contributed by atoms with Crippen molar-refractivity contribution in [2.75, 3.05) is 11.9 Å². The van der Waals surface area contributed by atoms with Crippen LogP contribution in [0.5, 0.6) is 0 Å². The van der Waals surface area contributed by atoms with E-state index in [1.807, 2.05) is 24.3 Å². The number of carbonyl (C=O) groups is 2. The molecule has 1 N–H and O–H groups in total. The van der Waals surface area contributed by atoms with Gasteiger partial charge in [0.1, 0.15) is 5.82 Å². The number of esters is 1. The van der Waals surface area contributed by atoms with E-state index in [9.17, 15) is 29.3 Å². The minimum atomic E-state index is -0.956. The highest BCUT2D eigenvalue weighted by atomic mass is 32.2. The Morgan fingerprint density at radius 3 is 2.61 bits per heavy atom. The van der Waals surface area contributed by atoms with Gasteiger partial charge >= 0.3 is 11.7 Å². The van der Waals surface area contributed by atoms with Gasteiger partial charge in [0.05, 0.1) is 25.6 Å². The fraction of sp³-hybridized carbons (Fsp3) is 0.136. The molecule has 0 bridgehead atoms. The predicted octanol–water partition coefficient (Wildman–Crippen LogP) is 2.55. The Kier molecular flexibility index (Phi) is 6.98. The molecule has 0 saturated carbocycles. The Hall–Kier alpha value is -4.30. The Bertz CT molecular complexity index is 1610. The second-order valence-corrected chi connectivity index (χ2v) is 9.70. The van der Waals surface area contributed by atoms with Crippen LogP contribution in [0, 0.1) is 10.1 Å². The summed E-state index contributed by atoms with van der Waals surface area (Å²) in [5.41, 5.74) is -0.924. The number of carbonyl (C=O) groups excluding carboxylic acids is 2. The van der Waals surface area contributed by atoms with E-state index in [0.29, 0.717) is 9.24 Å². The molecule has 1 amide bonds. The molecule has 2 aromatic carbocycles. The highest BCUT2D eigenvalue weighted by Crippen LogP contribution is 2.39. The summed E-state index contributed by atoms with van der Waals surface area (Å²) in [7, 11) is 2.65. The highest BCUT2D eigenvalue weighted by molar-refractivity contribution is 8.01. The quantitative estimate of drug-likeness (QED) is 0.217. The minimum absolute atomic E-state index is 0.0731. The van der Waals surface area contributed by atoms with Crippen LogP contribution in [-0.4, -0.2) is 37.5 Å². The van der Waals surface area contributed by atoms with E-state index >= 15 is 0 Å². The molecule has 2 aromatic heterocycles. The van der Waals surface area contributed by atoms with Crippen molar-refractivity contribution in [3.05, 3.63) is 85.0 Å². The predicted molar refractivity (Wildman–Crippen MR) is 133 cm³/mol. The normalized spacial score (nSPS) is 10.8. The number of nitro benzene ring substituents is 1. The third kappa shape index (κ3) is 5.18. The maximum atomic E-state index is 12.4. The van der Waals surface area contributed by atoms with E-state index in [2.05, 4.69) is 10.3 Å². The van der Waals surface area contributed by atoms with Crippen molar-refractivity contribution in [3.8, 4) is 0 Å². The van der Waals surface area contributed by atoms with Crippen molar-refractivity contribution < 1.29 is 19.2 Å². The van der Waals surface area contributed by atoms with Gasteiger partial charge in [-0.2, -0.15) is 0 Å². The first-order valence-electron chi connectivity index (χ1n) is 10.2. The van der Waals surface area contributed by atoms with Crippen molar-refractivity contribution in [2.45, 2.75) is 9.24 Å². The summed E-state index contributed by atoms with van der Waals surface area (Å²) in [5, 5.41) is 14.0. The molecular formula is C22H17N5O7S2. The van der Waals surface area contributed by atoms with Gasteiger partial charge in [-0.25, -0.2) is 14.6 Å². The average molecular weight is 528 g/mol. The zero-order chi connectivity index (χ0) is 26.0. The number of thiazole rings is 1. The molecule has 184 valence electrons. The van der Waals surface area contributed by atoms with Gasteiger partial charge in [0.25, 0.3) is 17.2 Å². The van der Waals surface area contributed by atoms with Gasteiger partial charge in [0.15, 0.2) is 10.9 Å². The highest BCUT2D eigenvalue weighted by Gasteiger charge is 2.21. The standard InChI is InChI=1S/C22H17N5O7S2/c1-25-17(10-19(29)26(2)22(25)31)24-18(28)11-34-20(30)12-7-8-16(14(9-12)27(32)33)36-21-23-13-5-3-4-6-15(13)35-21/h3-10H,11H2,1-2H3,(H,24,28). The molecule has 0 unspecified atom stereocenters. The molecule has 0 saturated heterocycles. The van der Waals surface area contributed by atoms with Crippen LogP contribution >= 0.6 is 23.1 Å². The molecule has 4 rings (SSSR count). The lowest BCUT2D eigenvalue weighted by molar-refractivity contribution is -0.387. The van der Waals surface area contributed by atoms with Crippen LogP contribution in [0.2, 0.25) is 0 Å². The molecule has 2 heterocycles. The van der Waals surface area contributed by atoms with Crippen LogP contribution in [0.4, 0.5) is 11.5 Å². The van der Waals surface area contributed by atoms with E-state index in [-0.39, 0.29) is 17.1 Å². The topological polar surface area (TPSA) is 155 Å². The van der Waals surface area contributed by atoms with E-state index in [1.54, 1.807) is 0 Å². The molecule has 0 aliphatic heterocycles. The number of anilines is 1. The van der Waals surface area contributed by atoms with Crippen LogP contribution in [0.1, 0.15) is 10.4 Å². The number of aromatic nitrogens is 3. The Morgan fingerprint density at radius 2 is 1.89 bits per heavy atom. The first-order valence-corrected chi connectivity index (χ1v) is 11.8. The molecule has 0 fully saturated rings. The third-order valence-electron chi connectivity index (χ3n) is 4.99. The van der Waals surface area contributed by atoms with Crippen molar-refractivity contribution in [3.63, 3.8) is 0 Å². The lowest BCUT2D eigenvalue weighted by Crippen LogP contribution is -2.38. The van der Waals surface area contributed by atoms with E-state index < -0.39 is 34.7 Å². The molecule has 12 nitrogen and oxygen atoms in total. The van der Waals surface area contributed by atoms with Gasteiger partial charge in [-0.1, -0.05) is 23.9 Å². The number of amides is 1. The van der Waals surface area contributed by atoms with Gasteiger partial charge in [0.2, 0.25) is 0 Å². The second kappa shape index (κ2) is 10.1. The minimum Gasteiger partial charge on any atom is -0.452 e. The third-order valence-corrected chi connectivity index (χ3v) is 7.15. The molecule has 4 aromatic rings. The largest absolute Gasteiger partial charge is 0.452 e. The zero-order valence-electron chi connectivity index (χ0n) is 18.8. The number of nitrogens with zero attached hydrogens (tertiary/aromatic N) is 4. The number of nitro groups is 1. The second-order valence-electron chi connectivity index (χ2n) is 7.38. The number of nitrogens with one attached hydrogen (secondary N) is 1. The summed E-state index contributed by atoms with van der Waals surface area (Å²) in [6.45, 7) is -0.738. The summed E-state index contributed by atoms with van der Waals surface area (Å²) in [6, 6.07) is 12.4. The van der Waals surface area contributed by atoms with Crippen molar-refractivity contribution in [1.82, 2.24) is 14.1 Å². The van der Waals surface area contributed by atoms with Crippen molar-refractivity contribution in [1.29, 1.82) is 0 Å². The number of ether oxygens (including phenoxy) is 1. The number of rotatable bonds is 7. The fourth-order valence-corrected chi connectivity index (χ4v) is 5.22. The zero-order valence-corrected chi connectivity index (χ0v) is 20.4. The van der Waals surface area contributed by atoms with Crippen LogP contribution in [0.25, 0.3) is 10.2 Å². The Labute approximate surface area is 210 Å². The molecule has 0 spiro atoms. The van der Waals surface area contributed by atoms with Gasteiger partial charge in [-0.05, 0) is 24.3 Å². The molecular weight excluding hydrogens is 510 g/mol. The van der Waals surface area contributed by atoms with Crippen LogP contribution in [0.3, 0.4) is 0 Å². The first kappa shape index (κ1) is 24.8. The summed E-state index contributed by atoms with van der Waals surface area (Å²) >= 11 is 2.50. The van der Waals surface area contributed by atoms with Crippen LogP contribution in [-0.2, 0) is 23.6 Å². The lowest BCUT2D eigenvalue weighted by Gasteiger charge is -2.11. The molecule has 0 aliphatic carbocycles.